The molecule has 0 atom stereocenters. The highest BCUT2D eigenvalue weighted by molar-refractivity contribution is 7.89. The van der Waals surface area contributed by atoms with Gasteiger partial charge in [0.05, 0.1) is 11.4 Å². The second-order valence-corrected chi connectivity index (χ2v) is 9.91. The maximum absolute atomic E-state index is 15.2. The lowest BCUT2D eigenvalue weighted by molar-refractivity contribution is 0.321. The van der Waals surface area contributed by atoms with Crippen molar-refractivity contribution in [2.75, 3.05) is 31.6 Å². The van der Waals surface area contributed by atoms with Crippen molar-refractivity contribution < 1.29 is 17.5 Å². The minimum Gasteiger partial charge on any atom is -0.488 e. The number of fused-ring (bicyclic) bond motifs is 1. The number of aromatic nitrogens is 1. The molecule has 1 N–H and O–H groups in total. The summed E-state index contributed by atoms with van der Waals surface area (Å²) < 4.78 is 48.9. The van der Waals surface area contributed by atoms with Crippen molar-refractivity contribution >= 4 is 15.8 Å². The molecule has 0 bridgehead atoms. The first kappa shape index (κ1) is 20.9. The smallest absolute Gasteiger partial charge is 0.243 e. The van der Waals surface area contributed by atoms with Gasteiger partial charge in [0.15, 0.2) is 11.6 Å². The number of anilines is 1. The first-order valence-electron chi connectivity index (χ1n) is 10.8. The quantitative estimate of drug-likeness (QED) is 0.628. The molecular weight excluding hydrogens is 429 g/mol. The highest BCUT2D eigenvalue weighted by atomic mass is 32.2. The summed E-state index contributed by atoms with van der Waals surface area (Å²) in [4.78, 5) is 4.54. The van der Waals surface area contributed by atoms with Crippen LogP contribution >= 0.6 is 0 Å². The van der Waals surface area contributed by atoms with Gasteiger partial charge in [0.1, 0.15) is 12.4 Å². The zero-order valence-corrected chi connectivity index (χ0v) is 18.4. The van der Waals surface area contributed by atoms with E-state index in [4.69, 9.17) is 4.74 Å². The molecule has 3 heterocycles. The van der Waals surface area contributed by atoms with Crippen molar-refractivity contribution in [1.29, 1.82) is 0 Å². The standard InChI is InChI=1S/C24H24FN3O3S/c25-21-14-17(8-9-19(21)18-15-22-24(27-16-18)26-10-13-31-22)20-6-2-3-7-23(20)32(29,30)28-11-4-1-5-12-28/h2-3,6-9,14-16H,1,4-5,10-13H2,(H,26,27). The fourth-order valence-electron chi connectivity index (χ4n) is 4.26. The molecule has 166 valence electrons. The zero-order valence-electron chi connectivity index (χ0n) is 17.6. The number of piperidine rings is 1. The molecule has 32 heavy (non-hydrogen) atoms. The van der Waals surface area contributed by atoms with Gasteiger partial charge in [-0.25, -0.2) is 17.8 Å². The van der Waals surface area contributed by atoms with Crippen LogP contribution in [0, 0.1) is 5.82 Å². The Morgan fingerprint density at radius 2 is 1.78 bits per heavy atom. The van der Waals surface area contributed by atoms with Gasteiger partial charge < -0.3 is 10.1 Å². The molecule has 0 radical (unpaired) electrons. The van der Waals surface area contributed by atoms with E-state index in [1.54, 1.807) is 48.7 Å². The lowest BCUT2D eigenvalue weighted by Gasteiger charge is -2.27. The predicted molar refractivity (Wildman–Crippen MR) is 122 cm³/mol. The van der Waals surface area contributed by atoms with Crippen LogP contribution in [0.3, 0.4) is 0 Å². The van der Waals surface area contributed by atoms with Gasteiger partial charge >= 0.3 is 0 Å². The predicted octanol–water partition coefficient (Wildman–Crippen LogP) is 4.53. The van der Waals surface area contributed by atoms with Gasteiger partial charge in [-0.3, -0.25) is 0 Å². The molecule has 1 fully saturated rings. The van der Waals surface area contributed by atoms with Crippen molar-refractivity contribution in [1.82, 2.24) is 9.29 Å². The molecule has 0 amide bonds. The van der Waals surface area contributed by atoms with Crippen LogP contribution < -0.4 is 10.1 Å². The third-order valence-corrected chi connectivity index (χ3v) is 7.87. The molecule has 0 saturated carbocycles. The molecule has 0 spiro atoms. The summed E-state index contributed by atoms with van der Waals surface area (Å²) in [6.45, 7) is 2.25. The van der Waals surface area contributed by atoms with Crippen LogP contribution in [-0.4, -0.2) is 43.9 Å². The second kappa shape index (κ2) is 8.52. The zero-order chi connectivity index (χ0) is 22.1. The van der Waals surface area contributed by atoms with E-state index in [9.17, 15) is 8.42 Å². The lowest BCUT2D eigenvalue weighted by atomic mass is 10.0. The molecule has 1 saturated heterocycles. The molecule has 1 aromatic heterocycles. The van der Waals surface area contributed by atoms with E-state index in [-0.39, 0.29) is 4.90 Å². The normalized spacial score (nSPS) is 16.7. The summed E-state index contributed by atoms with van der Waals surface area (Å²) in [6.07, 6.45) is 4.36. The number of nitrogens with zero attached hydrogens (tertiary/aromatic N) is 2. The highest BCUT2D eigenvalue weighted by Crippen LogP contribution is 2.35. The number of rotatable bonds is 4. The monoisotopic (exact) mass is 453 g/mol. The Morgan fingerprint density at radius 3 is 2.59 bits per heavy atom. The van der Waals surface area contributed by atoms with Crippen LogP contribution in [0.1, 0.15) is 19.3 Å². The Hall–Kier alpha value is -2.97. The van der Waals surface area contributed by atoms with Crippen molar-refractivity contribution in [2.45, 2.75) is 24.2 Å². The lowest BCUT2D eigenvalue weighted by Crippen LogP contribution is -2.35. The van der Waals surface area contributed by atoms with Crippen molar-refractivity contribution in [3.63, 3.8) is 0 Å². The number of hydrogen-bond donors (Lipinski definition) is 1. The van der Waals surface area contributed by atoms with Gasteiger partial charge in [0.25, 0.3) is 0 Å². The molecule has 2 aliphatic rings. The third-order valence-electron chi connectivity index (χ3n) is 5.92. The van der Waals surface area contributed by atoms with E-state index in [0.29, 0.717) is 60.1 Å². The van der Waals surface area contributed by atoms with E-state index in [0.717, 1.165) is 19.3 Å². The average molecular weight is 454 g/mol. The van der Waals surface area contributed by atoms with Gasteiger partial charge in [-0.2, -0.15) is 4.31 Å². The number of nitrogens with one attached hydrogen (secondary N) is 1. The maximum Gasteiger partial charge on any atom is 0.243 e. The summed E-state index contributed by atoms with van der Waals surface area (Å²) in [7, 11) is -3.65. The summed E-state index contributed by atoms with van der Waals surface area (Å²) >= 11 is 0. The number of halogens is 1. The first-order valence-corrected chi connectivity index (χ1v) is 12.2. The van der Waals surface area contributed by atoms with Gasteiger partial charge in [0.2, 0.25) is 10.0 Å². The molecule has 2 aromatic carbocycles. The van der Waals surface area contributed by atoms with E-state index < -0.39 is 15.8 Å². The number of ether oxygens (including phenoxy) is 1. The van der Waals surface area contributed by atoms with Crippen LogP contribution in [-0.2, 0) is 10.0 Å². The number of hydrogen-bond acceptors (Lipinski definition) is 5. The fourth-order valence-corrected chi connectivity index (χ4v) is 5.99. The second-order valence-electron chi connectivity index (χ2n) is 8.00. The van der Waals surface area contributed by atoms with Crippen molar-refractivity contribution in [2.24, 2.45) is 0 Å². The summed E-state index contributed by atoms with van der Waals surface area (Å²) in [5.74, 6) is 0.794. The number of pyridine rings is 1. The molecule has 6 nitrogen and oxygen atoms in total. The number of benzene rings is 2. The molecule has 5 rings (SSSR count). The first-order chi connectivity index (χ1) is 15.5. The molecule has 0 unspecified atom stereocenters. The largest absolute Gasteiger partial charge is 0.488 e. The van der Waals surface area contributed by atoms with Crippen molar-refractivity contribution in [3.05, 3.63) is 60.5 Å². The Kier molecular flexibility index (Phi) is 5.57. The van der Waals surface area contributed by atoms with Crippen LogP contribution in [0.15, 0.2) is 59.6 Å². The molecule has 2 aliphatic heterocycles. The highest BCUT2D eigenvalue weighted by Gasteiger charge is 2.28. The summed E-state index contributed by atoms with van der Waals surface area (Å²) in [5, 5.41) is 3.14. The van der Waals surface area contributed by atoms with Gasteiger partial charge in [-0.05, 0) is 36.6 Å². The molecule has 0 aliphatic carbocycles. The van der Waals surface area contributed by atoms with E-state index in [2.05, 4.69) is 10.3 Å². The van der Waals surface area contributed by atoms with Gasteiger partial charge in [0, 0.05) is 36.0 Å². The third kappa shape index (κ3) is 3.84. The summed E-state index contributed by atoms with van der Waals surface area (Å²) in [6, 6.07) is 13.4. The van der Waals surface area contributed by atoms with Gasteiger partial charge in [-0.1, -0.05) is 36.8 Å². The van der Waals surface area contributed by atoms with Crippen LogP contribution in [0.2, 0.25) is 0 Å². The van der Waals surface area contributed by atoms with Crippen LogP contribution in [0.25, 0.3) is 22.3 Å². The fraction of sp³-hybridized carbons (Fsp3) is 0.292. The summed E-state index contributed by atoms with van der Waals surface area (Å²) in [5.41, 5.74) is 2.01. The Morgan fingerprint density at radius 1 is 0.969 bits per heavy atom. The minimum atomic E-state index is -3.65. The molecular formula is C24H24FN3O3S. The van der Waals surface area contributed by atoms with Crippen LogP contribution in [0.4, 0.5) is 10.2 Å². The topological polar surface area (TPSA) is 71.5 Å². The van der Waals surface area contributed by atoms with Gasteiger partial charge in [-0.15, -0.1) is 0 Å². The Labute approximate surface area is 187 Å². The molecule has 3 aromatic rings. The Bertz CT molecular complexity index is 1260. The molecule has 8 heteroatoms. The van der Waals surface area contributed by atoms with Crippen molar-refractivity contribution in [3.8, 4) is 28.0 Å². The van der Waals surface area contributed by atoms with Crippen LogP contribution in [0.5, 0.6) is 5.75 Å². The van der Waals surface area contributed by atoms with E-state index >= 15 is 4.39 Å². The van der Waals surface area contributed by atoms with E-state index in [1.165, 1.54) is 10.4 Å². The SMILES string of the molecule is O=S(=O)(c1ccccc1-c1ccc(-c2cnc3c(c2)OCCN3)c(F)c1)N1CCCCC1. The van der Waals surface area contributed by atoms with E-state index in [1.807, 2.05) is 0 Å². The Balaban J connectivity index is 1.51. The average Bonchev–Trinajstić information content (AvgIpc) is 2.84. The number of sulfonamides is 1. The maximum atomic E-state index is 15.2. The minimum absolute atomic E-state index is 0.212.